The molecule has 2 aliphatic heterocycles. The van der Waals surface area contributed by atoms with Crippen LogP contribution in [0.2, 0.25) is 0 Å². The topological polar surface area (TPSA) is 49.6 Å². The monoisotopic (exact) mass is 316 g/mol. The van der Waals surface area contributed by atoms with E-state index in [1.54, 1.807) is 19.1 Å². The van der Waals surface area contributed by atoms with Crippen LogP contribution in [0, 0.1) is 13.8 Å². The molecule has 2 aliphatic rings. The van der Waals surface area contributed by atoms with Gasteiger partial charge < -0.3 is 10.1 Å². The van der Waals surface area contributed by atoms with Gasteiger partial charge in [0.15, 0.2) is 0 Å². The molecular weight excluding hydrogens is 300 g/mol. The minimum Gasteiger partial charge on any atom is -0.496 e. The summed E-state index contributed by atoms with van der Waals surface area (Å²) in [6.07, 6.45) is 0. The van der Waals surface area contributed by atoms with Gasteiger partial charge in [0, 0.05) is 0 Å². The van der Waals surface area contributed by atoms with Crippen LogP contribution < -0.4 is 14.4 Å². The average Bonchev–Trinajstić information content (AvgIpc) is 3.26. The Morgan fingerprint density at radius 1 is 1.14 bits per heavy atom. The van der Waals surface area contributed by atoms with Gasteiger partial charge in [-0.1, -0.05) is 12.1 Å². The third-order valence-electron chi connectivity index (χ3n) is 3.76. The molecule has 1 spiro atoms. The van der Waals surface area contributed by atoms with E-state index in [2.05, 4.69) is 23.5 Å². The number of para-hydroxylation sites is 1. The van der Waals surface area contributed by atoms with Crippen LogP contribution >= 0.6 is 11.9 Å². The Balaban J connectivity index is 1.77. The van der Waals surface area contributed by atoms with E-state index in [-0.39, 0.29) is 0 Å². The number of hydrogen-bond donors (Lipinski definition) is 1. The van der Waals surface area contributed by atoms with E-state index < -0.39 is 6.03 Å². The molecule has 0 saturated carbocycles. The Morgan fingerprint density at radius 3 is 2.45 bits per heavy atom. The van der Waals surface area contributed by atoms with Gasteiger partial charge in [0.05, 0.1) is 23.4 Å². The lowest BCUT2D eigenvalue weighted by atomic mass is 10.1. The highest BCUT2D eigenvalue weighted by Gasteiger charge is 2.59. The molecule has 0 atom stereocenters. The van der Waals surface area contributed by atoms with E-state index in [4.69, 9.17) is 14.5 Å². The second-order valence-corrected chi connectivity index (χ2v) is 6.36. The minimum absolute atomic E-state index is 0.908. The summed E-state index contributed by atoms with van der Waals surface area (Å²) in [5.74, 6) is 0.908. The molecule has 1 N–H and O–H groups in total. The molecule has 0 radical (unpaired) electrons. The van der Waals surface area contributed by atoms with Crippen molar-refractivity contribution >= 4 is 23.3 Å². The van der Waals surface area contributed by atoms with Crippen LogP contribution in [0.3, 0.4) is 0 Å². The van der Waals surface area contributed by atoms with Crippen molar-refractivity contribution in [1.82, 2.24) is 0 Å². The van der Waals surface area contributed by atoms with Gasteiger partial charge in [-0.25, -0.2) is 4.31 Å². The van der Waals surface area contributed by atoms with Gasteiger partial charge in [-0.05, 0) is 61.2 Å². The van der Waals surface area contributed by atoms with Gasteiger partial charge in [-0.3, -0.25) is 0 Å². The molecule has 2 aromatic carbocycles. The van der Waals surface area contributed by atoms with Crippen molar-refractivity contribution in [2.45, 2.75) is 24.8 Å². The third-order valence-corrected chi connectivity index (χ3v) is 4.95. The summed E-state index contributed by atoms with van der Waals surface area (Å²) in [5.41, 5.74) is 4.16. The summed E-state index contributed by atoms with van der Waals surface area (Å²) in [4.78, 5) is 11.6. The molecule has 2 heterocycles. The second kappa shape index (κ2) is 4.81. The standard InChI is InChI=1S/C16H16N2O3S/c1-10-8-12(9-11(2)15(10)19-3)18-16(20-21-16)17-13-6-4-5-7-14(13)22-18/h4-9,17H,1-3H3. The summed E-state index contributed by atoms with van der Waals surface area (Å²) in [6.45, 7) is 4.07. The molecule has 4 rings (SSSR count). The summed E-state index contributed by atoms with van der Waals surface area (Å²) in [7, 11) is 1.69. The van der Waals surface area contributed by atoms with Crippen LogP contribution in [-0.4, -0.2) is 13.1 Å². The lowest BCUT2D eigenvalue weighted by molar-refractivity contribution is 0.0850. The summed E-state index contributed by atoms with van der Waals surface area (Å²) in [6, 6.07) is 11.3. The third kappa shape index (κ3) is 2.03. The van der Waals surface area contributed by atoms with Crippen molar-refractivity contribution in [3.8, 4) is 5.75 Å². The van der Waals surface area contributed by atoms with E-state index in [1.165, 1.54) is 0 Å². The molecule has 0 aliphatic carbocycles. The SMILES string of the molecule is COc1c(C)cc(N2Sc3ccccc3NC23OO3)cc1C. The number of benzene rings is 2. The van der Waals surface area contributed by atoms with Crippen LogP contribution in [0.1, 0.15) is 11.1 Å². The quantitative estimate of drug-likeness (QED) is 0.516. The van der Waals surface area contributed by atoms with Crippen LogP contribution in [0.15, 0.2) is 41.3 Å². The summed E-state index contributed by atoms with van der Waals surface area (Å²) >= 11 is 1.59. The number of nitrogens with one attached hydrogen (secondary N) is 1. The number of methoxy groups -OCH3 is 1. The van der Waals surface area contributed by atoms with Crippen molar-refractivity contribution in [3.05, 3.63) is 47.5 Å². The molecule has 0 amide bonds. The number of nitrogens with zero attached hydrogens (tertiary/aromatic N) is 1. The number of aryl methyl sites for hydroxylation is 2. The molecule has 22 heavy (non-hydrogen) atoms. The smallest absolute Gasteiger partial charge is 0.404 e. The fourth-order valence-corrected chi connectivity index (χ4v) is 3.76. The van der Waals surface area contributed by atoms with E-state index in [0.29, 0.717) is 0 Å². The maximum absolute atomic E-state index is 5.44. The van der Waals surface area contributed by atoms with Crippen LogP contribution in [0.4, 0.5) is 11.4 Å². The second-order valence-electron chi connectivity index (χ2n) is 5.37. The molecule has 5 nitrogen and oxygen atoms in total. The van der Waals surface area contributed by atoms with Gasteiger partial charge in [0.2, 0.25) is 0 Å². The van der Waals surface area contributed by atoms with Crippen LogP contribution in [0.5, 0.6) is 5.75 Å². The van der Waals surface area contributed by atoms with Gasteiger partial charge in [0.25, 0.3) is 0 Å². The molecule has 0 unspecified atom stereocenters. The molecule has 0 bridgehead atoms. The Kier molecular flexibility index (Phi) is 3.00. The van der Waals surface area contributed by atoms with Crippen LogP contribution in [-0.2, 0) is 9.78 Å². The first kappa shape index (κ1) is 13.8. The average molecular weight is 316 g/mol. The van der Waals surface area contributed by atoms with Crippen molar-refractivity contribution in [2.75, 3.05) is 16.7 Å². The zero-order valence-corrected chi connectivity index (χ0v) is 13.4. The maximum Gasteiger partial charge on any atom is 0.404 e. The fraction of sp³-hybridized carbons (Fsp3) is 0.250. The molecule has 2 aromatic rings. The van der Waals surface area contributed by atoms with Crippen molar-refractivity contribution in [3.63, 3.8) is 0 Å². The maximum atomic E-state index is 5.44. The first-order chi connectivity index (χ1) is 10.6. The highest BCUT2D eigenvalue weighted by molar-refractivity contribution is 8.01. The van der Waals surface area contributed by atoms with Crippen molar-refractivity contribution in [2.24, 2.45) is 0 Å². The number of fused-ring (bicyclic) bond motifs is 1. The first-order valence-electron chi connectivity index (χ1n) is 7.00. The lowest BCUT2D eigenvalue weighted by Crippen LogP contribution is -2.42. The van der Waals surface area contributed by atoms with Gasteiger partial charge in [0.1, 0.15) is 5.75 Å². The molecular formula is C16H16N2O3S. The predicted molar refractivity (Wildman–Crippen MR) is 85.8 cm³/mol. The Hall–Kier alpha value is -1.89. The van der Waals surface area contributed by atoms with Crippen LogP contribution in [0.25, 0.3) is 0 Å². The molecule has 1 saturated heterocycles. The molecule has 6 heteroatoms. The van der Waals surface area contributed by atoms with E-state index in [0.717, 1.165) is 33.1 Å². The van der Waals surface area contributed by atoms with Gasteiger partial charge in [-0.15, -0.1) is 9.78 Å². The van der Waals surface area contributed by atoms with E-state index >= 15 is 0 Å². The largest absolute Gasteiger partial charge is 0.496 e. The molecule has 1 fully saturated rings. The zero-order chi connectivity index (χ0) is 15.3. The Labute approximate surface area is 133 Å². The number of rotatable bonds is 2. The highest BCUT2D eigenvalue weighted by atomic mass is 32.2. The molecule has 114 valence electrons. The normalized spacial score (nSPS) is 17.9. The number of anilines is 2. The minimum atomic E-state index is -0.924. The Morgan fingerprint density at radius 2 is 1.82 bits per heavy atom. The van der Waals surface area contributed by atoms with Gasteiger partial charge >= 0.3 is 6.03 Å². The first-order valence-corrected chi connectivity index (χ1v) is 7.78. The Bertz CT molecular complexity index is 723. The summed E-state index contributed by atoms with van der Waals surface area (Å²) < 4.78 is 7.43. The highest BCUT2D eigenvalue weighted by Crippen LogP contribution is 2.51. The van der Waals surface area contributed by atoms with E-state index in [9.17, 15) is 0 Å². The fourth-order valence-electron chi connectivity index (χ4n) is 2.77. The van der Waals surface area contributed by atoms with E-state index in [1.807, 2.05) is 36.4 Å². The van der Waals surface area contributed by atoms with Crippen molar-refractivity contribution < 1.29 is 14.5 Å². The van der Waals surface area contributed by atoms with Crippen molar-refractivity contribution in [1.29, 1.82) is 0 Å². The number of hydrogen-bond acceptors (Lipinski definition) is 6. The predicted octanol–water partition coefficient (Wildman–Crippen LogP) is 3.82. The zero-order valence-electron chi connectivity index (χ0n) is 12.5. The molecule has 0 aromatic heterocycles. The summed E-state index contributed by atoms with van der Waals surface area (Å²) in [5, 5.41) is 3.29. The lowest BCUT2D eigenvalue weighted by Gasteiger charge is -2.33. The number of ether oxygens (including phenoxy) is 1. The van der Waals surface area contributed by atoms with Gasteiger partial charge in [-0.2, -0.15) is 0 Å².